The number of carbonyl (C=O) groups excluding carboxylic acids is 1. The second kappa shape index (κ2) is 9.03. The highest BCUT2D eigenvalue weighted by Crippen LogP contribution is 2.29. The lowest BCUT2D eigenvalue weighted by Gasteiger charge is -2.08. The third-order valence-electron chi connectivity index (χ3n) is 4.44. The maximum absolute atomic E-state index is 12.1. The minimum absolute atomic E-state index is 0.0953. The van der Waals surface area contributed by atoms with Crippen molar-refractivity contribution in [2.24, 2.45) is 5.10 Å². The van der Waals surface area contributed by atoms with Gasteiger partial charge < -0.3 is 9.73 Å². The van der Waals surface area contributed by atoms with Gasteiger partial charge in [0.15, 0.2) is 0 Å². The average Bonchev–Trinajstić information content (AvgIpc) is 3.23. The zero-order chi connectivity index (χ0) is 20.9. The van der Waals surface area contributed by atoms with E-state index in [2.05, 4.69) is 15.8 Å². The van der Waals surface area contributed by atoms with Gasteiger partial charge in [0, 0.05) is 16.6 Å². The largest absolute Gasteiger partial charge is 0.455 e. The van der Waals surface area contributed by atoms with Gasteiger partial charge in [0.05, 0.1) is 22.8 Å². The summed E-state index contributed by atoms with van der Waals surface area (Å²) in [4.78, 5) is 12.1. The Morgan fingerprint density at radius 2 is 1.80 bits per heavy atom. The van der Waals surface area contributed by atoms with Crippen molar-refractivity contribution in [3.05, 3.63) is 88.6 Å². The van der Waals surface area contributed by atoms with Gasteiger partial charge in [-0.1, -0.05) is 59.6 Å². The fourth-order valence-electron chi connectivity index (χ4n) is 2.99. The lowest BCUT2D eigenvalue weighted by molar-refractivity contribution is -0.119. The van der Waals surface area contributed by atoms with Gasteiger partial charge in [0.1, 0.15) is 11.5 Å². The number of carbonyl (C=O) groups is 1. The van der Waals surface area contributed by atoms with E-state index >= 15 is 0 Å². The Hall–Kier alpha value is -3.28. The molecule has 4 rings (SSSR count). The Morgan fingerprint density at radius 1 is 0.967 bits per heavy atom. The van der Waals surface area contributed by atoms with E-state index in [1.165, 1.54) is 6.21 Å². The van der Waals surface area contributed by atoms with Crippen molar-refractivity contribution >= 4 is 51.8 Å². The number of benzene rings is 3. The molecule has 4 aromatic rings. The molecule has 0 radical (unpaired) electrons. The van der Waals surface area contributed by atoms with Crippen LogP contribution in [0.1, 0.15) is 5.76 Å². The van der Waals surface area contributed by atoms with Crippen molar-refractivity contribution in [1.82, 2.24) is 5.43 Å². The topological polar surface area (TPSA) is 66.6 Å². The van der Waals surface area contributed by atoms with Crippen LogP contribution in [0.3, 0.4) is 0 Å². The van der Waals surface area contributed by atoms with E-state index in [-0.39, 0.29) is 12.5 Å². The first-order valence-electron chi connectivity index (χ1n) is 9.19. The van der Waals surface area contributed by atoms with Crippen LogP contribution in [0.5, 0.6) is 0 Å². The summed E-state index contributed by atoms with van der Waals surface area (Å²) in [5, 5.41) is 10.2. The summed E-state index contributed by atoms with van der Waals surface area (Å²) in [5.74, 6) is 0.854. The van der Waals surface area contributed by atoms with Crippen LogP contribution < -0.4 is 10.7 Å². The van der Waals surface area contributed by atoms with E-state index in [0.29, 0.717) is 21.6 Å². The maximum Gasteiger partial charge on any atom is 0.259 e. The van der Waals surface area contributed by atoms with Gasteiger partial charge in [0.2, 0.25) is 0 Å². The van der Waals surface area contributed by atoms with Crippen LogP contribution in [0.15, 0.2) is 82.3 Å². The fraction of sp³-hybridized carbons (Fsp3) is 0.0435. The summed E-state index contributed by atoms with van der Waals surface area (Å²) in [5.41, 5.74) is 4.18. The standard InChI is InChI=1S/C23H17Cl2N3O2/c24-19-10-8-16(12-20(19)25)22-11-9-17(30-22)13-27-28-23(29)14-26-21-7-3-5-15-4-1-2-6-18(15)21/h1-13,26H,14H2,(H,28,29). The van der Waals surface area contributed by atoms with Crippen LogP contribution in [-0.2, 0) is 4.79 Å². The smallest absolute Gasteiger partial charge is 0.259 e. The molecular weight excluding hydrogens is 421 g/mol. The molecule has 3 aromatic carbocycles. The van der Waals surface area contributed by atoms with Crippen molar-refractivity contribution in [2.75, 3.05) is 11.9 Å². The Balaban J connectivity index is 1.34. The number of hydrogen-bond acceptors (Lipinski definition) is 4. The third-order valence-corrected chi connectivity index (χ3v) is 5.18. The molecule has 150 valence electrons. The minimum Gasteiger partial charge on any atom is -0.455 e. The summed E-state index contributed by atoms with van der Waals surface area (Å²) in [7, 11) is 0. The predicted molar refractivity (Wildman–Crippen MR) is 122 cm³/mol. The molecule has 0 aliphatic rings. The summed E-state index contributed by atoms with van der Waals surface area (Å²) >= 11 is 12.0. The van der Waals surface area contributed by atoms with Gasteiger partial charge in [-0.15, -0.1) is 0 Å². The molecule has 1 amide bonds. The van der Waals surface area contributed by atoms with Crippen LogP contribution in [0.4, 0.5) is 5.69 Å². The Labute approximate surface area is 183 Å². The van der Waals surface area contributed by atoms with Crippen LogP contribution >= 0.6 is 23.2 Å². The van der Waals surface area contributed by atoms with E-state index in [1.807, 2.05) is 48.5 Å². The molecule has 0 atom stereocenters. The molecule has 0 saturated carbocycles. The van der Waals surface area contributed by atoms with Gasteiger partial charge in [-0.2, -0.15) is 5.10 Å². The second-order valence-electron chi connectivity index (χ2n) is 6.50. The quantitative estimate of drug-likeness (QED) is 0.288. The van der Waals surface area contributed by atoms with Crippen molar-refractivity contribution in [1.29, 1.82) is 0 Å². The van der Waals surface area contributed by atoms with Crippen molar-refractivity contribution in [3.8, 4) is 11.3 Å². The molecule has 0 saturated heterocycles. The highest BCUT2D eigenvalue weighted by molar-refractivity contribution is 6.42. The summed E-state index contributed by atoms with van der Waals surface area (Å²) in [6.07, 6.45) is 1.44. The van der Waals surface area contributed by atoms with Crippen LogP contribution in [0.2, 0.25) is 10.0 Å². The highest BCUT2D eigenvalue weighted by Gasteiger charge is 2.07. The van der Waals surface area contributed by atoms with Gasteiger partial charge in [-0.05, 0) is 41.8 Å². The molecule has 0 aliphatic heterocycles. The maximum atomic E-state index is 12.1. The van der Waals surface area contributed by atoms with Gasteiger partial charge in [-0.3, -0.25) is 4.79 Å². The minimum atomic E-state index is -0.268. The molecule has 0 bridgehead atoms. The number of hydrogen-bond donors (Lipinski definition) is 2. The van der Waals surface area contributed by atoms with Gasteiger partial charge in [-0.25, -0.2) is 5.43 Å². The third kappa shape index (κ3) is 4.64. The van der Waals surface area contributed by atoms with Crippen molar-refractivity contribution in [3.63, 3.8) is 0 Å². The number of anilines is 1. The van der Waals surface area contributed by atoms with Crippen molar-refractivity contribution < 1.29 is 9.21 Å². The number of nitrogens with zero attached hydrogens (tertiary/aromatic N) is 1. The zero-order valence-electron chi connectivity index (χ0n) is 15.7. The van der Waals surface area contributed by atoms with Crippen LogP contribution in [0, 0.1) is 0 Å². The molecule has 0 unspecified atom stereocenters. The molecular formula is C23H17Cl2N3O2. The Morgan fingerprint density at radius 3 is 2.67 bits per heavy atom. The van der Waals surface area contributed by atoms with E-state index in [1.54, 1.807) is 24.3 Å². The summed E-state index contributed by atoms with van der Waals surface area (Å²) in [6.45, 7) is 0.0953. The van der Waals surface area contributed by atoms with E-state index in [9.17, 15) is 4.79 Å². The molecule has 0 fully saturated rings. The van der Waals surface area contributed by atoms with Crippen LogP contribution in [0.25, 0.3) is 22.1 Å². The number of fused-ring (bicyclic) bond motifs is 1. The summed E-state index contributed by atoms with van der Waals surface area (Å²) < 4.78 is 5.71. The number of rotatable bonds is 6. The van der Waals surface area contributed by atoms with Crippen molar-refractivity contribution in [2.45, 2.75) is 0 Å². The molecule has 0 aliphatic carbocycles. The molecule has 7 heteroatoms. The highest BCUT2D eigenvalue weighted by atomic mass is 35.5. The molecule has 1 aromatic heterocycles. The fourth-order valence-corrected chi connectivity index (χ4v) is 3.29. The van der Waals surface area contributed by atoms with Crippen LogP contribution in [-0.4, -0.2) is 18.7 Å². The lowest BCUT2D eigenvalue weighted by atomic mass is 10.1. The van der Waals surface area contributed by atoms with Gasteiger partial charge >= 0.3 is 0 Å². The molecule has 2 N–H and O–H groups in total. The molecule has 0 spiro atoms. The normalized spacial score (nSPS) is 11.1. The zero-order valence-corrected chi connectivity index (χ0v) is 17.2. The first-order chi connectivity index (χ1) is 14.6. The monoisotopic (exact) mass is 437 g/mol. The predicted octanol–water partition coefficient (Wildman–Crippen LogP) is 5.97. The molecule has 30 heavy (non-hydrogen) atoms. The van der Waals surface area contributed by atoms with Gasteiger partial charge in [0.25, 0.3) is 5.91 Å². The first kappa shape index (κ1) is 20.0. The average molecular weight is 438 g/mol. The Kier molecular flexibility index (Phi) is 6.02. The summed E-state index contributed by atoms with van der Waals surface area (Å²) in [6, 6.07) is 22.7. The Bertz CT molecular complexity index is 1230. The number of halogens is 2. The number of hydrazone groups is 1. The number of nitrogens with one attached hydrogen (secondary N) is 2. The number of furan rings is 1. The van der Waals surface area contributed by atoms with E-state index in [0.717, 1.165) is 22.0 Å². The first-order valence-corrected chi connectivity index (χ1v) is 9.94. The molecule has 1 heterocycles. The van der Waals surface area contributed by atoms with E-state index in [4.69, 9.17) is 27.6 Å². The lowest BCUT2D eigenvalue weighted by Crippen LogP contribution is -2.25. The van der Waals surface area contributed by atoms with E-state index < -0.39 is 0 Å². The number of amides is 1. The second-order valence-corrected chi connectivity index (χ2v) is 7.32. The SMILES string of the molecule is O=C(CNc1cccc2ccccc12)NN=Cc1ccc(-c2ccc(Cl)c(Cl)c2)o1. The molecule has 5 nitrogen and oxygen atoms in total.